The summed E-state index contributed by atoms with van der Waals surface area (Å²) in [6.45, 7) is 3.73. The molecule has 118 valence electrons. The first kappa shape index (κ1) is 15.9. The van der Waals surface area contributed by atoms with Gasteiger partial charge < -0.3 is 24.6 Å². The van der Waals surface area contributed by atoms with Crippen LogP contribution in [0.5, 0.6) is 17.2 Å². The van der Waals surface area contributed by atoms with Crippen LogP contribution in [0.15, 0.2) is 12.1 Å². The van der Waals surface area contributed by atoms with Gasteiger partial charge >= 0.3 is 0 Å². The number of hydrogen-bond donors (Lipinski definition) is 2. The molecule has 0 saturated carbocycles. The van der Waals surface area contributed by atoms with E-state index >= 15 is 0 Å². The molecule has 1 aromatic rings. The molecule has 0 bridgehead atoms. The molecule has 1 atom stereocenters. The minimum absolute atomic E-state index is 0.0542. The minimum atomic E-state index is -0.0687. The molecule has 2 N–H and O–H groups in total. The third-order valence-electron chi connectivity index (χ3n) is 3.84. The SMILES string of the molecule is COc1cc([C@@H](CO)N2CCNCC2)cc(OC)c1OC. The number of ether oxygens (including phenoxy) is 3. The molecule has 6 nitrogen and oxygen atoms in total. The number of hydrogen-bond acceptors (Lipinski definition) is 6. The summed E-state index contributed by atoms with van der Waals surface area (Å²) < 4.78 is 16.1. The Morgan fingerprint density at radius 2 is 1.67 bits per heavy atom. The zero-order valence-corrected chi connectivity index (χ0v) is 12.9. The highest BCUT2D eigenvalue weighted by Crippen LogP contribution is 2.40. The van der Waals surface area contributed by atoms with Gasteiger partial charge in [0.2, 0.25) is 5.75 Å². The molecule has 1 saturated heterocycles. The van der Waals surface area contributed by atoms with Gasteiger partial charge in [0.15, 0.2) is 11.5 Å². The van der Waals surface area contributed by atoms with E-state index in [4.69, 9.17) is 14.2 Å². The average Bonchev–Trinajstić information content (AvgIpc) is 2.55. The van der Waals surface area contributed by atoms with Crippen LogP contribution in [-0.4, -0.2) is 64.1 Å². The Kier molecular flexibility index (Phi) is 5.67. The van der Waals surface area contributed by atoms with E-state index in [2.05, 4.69) is 10.2 Å². The van der Waals surface area contributed by atoms with Crippen LogP contribution in [0.2, 0.25) is 0 Å². The van der Waals surface area contributed by atoms with E-state index < -0.39 is 0 Å². The van der Waals surface area contributed by atoms with Gasteiger partial charge in [-0.3, -0.25) is 4.90 Å². The Labute approximate surface area is 125 Å². The summed E-state index contributed by atoms with van der Waals surface area (Å²) in [6.07, 6.45) is 0. The first-order chi connectivity index (χ1) is 10.2. The van der Waals surface area contributed by atoms with E-state index in [1.807, 2.05) is 12.1 Å². The molecule has 1 heterocycles. The highest BCUT2D eigenvalue weighted by Gasteiger charge is 2.24. The summed E-state index contributed by atoms with van der Waals surface area (Å²) >= 11 is 0. The molecule has 0 amide bonds. The highest BCUT2D eigenvalue weighted by atomic mass is 16.5. The van der Waals surface area contributed by atoms with E-state index in [1.165, 1.54) is 0 Å². The Morgan fingerprint density at radius 1 is 1.10 bits per heavy atom. The van der Waals surface area contributed by atoms with Gasteiger partial charge in [0, 0.05) is 26.2 Å². The quantitative estimate of drug-likeness (QED) is 0.804. The number of aliphatic hydroxyl groups is 1. The third-order valence-corrected chi connectivity index (χ3v) is 3.84. The summed E-state index contributed by atoms with van der Waals surface area (Å²) in [5, 5.41) is 13.1. The molecule has 0 unspecified atom stereocenters. The second-order valence-corrected chi connectivity index (χ2v) is 4.94. The van der Waals surface area contributed by atoms with Gasteiger partial charge in [0.25, 0.3) is 0 Å². The molecule has 21 heavy (non-hydrogen) atoms. The lowest BCUT2D eigenvalue weighted by Crippen LogP contribution is -2.46. The molecule has 2 rings (SSSR count). The second kappa shape index (κ2) is 7.49. The van der Waals surface area contributed by atoms with Crippen molar-refractivity contribution in [2.24, 2.45) is 0 Å². The molecule has 0 aromatic heterocycles. The number of nitrogens with one attached hydrogen (secondary N) is 1. The number of aliphatic hydroxyl groups excluding tert-OH is 1. The van der Waals surface area contributed by atoms with Gasteiger partial charge in [-0.15, -0.1) is 0 Å². The zero-order chi connectivity index (χ0) is 15.2. The predicted octanol–water partition coefficient (Wildman–Crippen LogP) is 0.651. The Morgan fingerprint density at radius 3 is 2.10 bits per heavy atom. The standard InChI is InChI=1S/C15H24N2O4/c1-19-13-8-11(9-14(20-2)15(13)21-3)12(10-18)17-6-4-16-5-7-17/h8-9,12,16,18H,4-7,10H2,1-3H3/t12-/m1/s1. The van der Waals surface area contributed by atoms with Crippen molar-refractivity contribution >= 4 is 0 Å². The van der Waals surface area contributed by atoms with Gasteiger partial charge in [-0.1, -0.05) is 0 Å². The maximum absolute atomic E-state index is 9.81. The van der Waals surface area contributed by atoms with Gasteiger partial charge in [-0.2, -0.15) is 0 Å². The van der Waals surface area contributed by atoms with Crippen molar-refractivity contribution in [3.05, 3.63) is 17.7 Å². The summed E-state index contributed by atoms with van der Waals surface area (Å²) in [6, 6.07) is 3.75. The largest absolute Gasteiger partial charge is 0.493 e. The van der Waals surface area contributed by atoms with E-state index in [-0.39, 0.29) is 12.6 Å². The molecule has 1 fully saturated rings. The molecular weight excluding hydrogens is 272 g/mol. The lowest BCUT2D eigenvalue weighted by atomic mass is 10.0. The van der Waals surface area contributed by atoms with Crippen LogP contribution in [0.1, 0.15) is 11.6 Å². The maximum Gasteiger partial charge on any atom is 0.203 e. The van der Waals surface area contributed by atoms with Crippen LogP contribution in [0, 0.1) is 0 Å². The van der Waals surface area contributed by atoms with Crippen LogP contribution in [0.4, 0.5) is 0 Å². The predicted molar refractivity (Wildman–Crippen MR) is 80.4 cm³/mol. The smallest absolute Gasteiger partial charge is 0.203 e. The Balaban J connectivity index is 2.36. The average molecular weight is 296 g/mol. The van der Waals surface area contributed by atoms with E-state index in [0.29, 0.717) is 17.2 Å². The van der Waals surface area contributed by atoms with E-state index in [0.717, 1.165) is 31.7 Å². The van der Waals surface area contributed by atoms with E-state index in [9.17, 15) is 5.11 Å². The fourth-order valence-electron chi connectivity index (χ4n) is 2.72. The van der Waals surface area contributed by atoms with Gasteiger partial charge in [0.05, 0.1) is 34.0 Å². The van der Waals surface area contributed by atoms with Crippen LogP contribution in [0.25, 0.3) is 0 Å². The second-order valence-electron chi connectivity index (χ2n) is 4.94. The number of methoxy groups -OCH3 is 3. The van der Waals surface area contributed by atoms with E-state index in [1.54, 1.807) is 21.3 Å². The monoisotopic (exact) mass is 296 g/mol. The molecule has 1 aliphatic rings. The summed E-state index contributed by atoms with van der Waals surface area (Å²) in [7, 11) is 4.78. The first-order valence-electron chi connectivity index (χ1n) is 7.10. The number of benzene rings is 1. The minimum Gasteiger partial charge on any atom is -0.493 e. The highest BCUT2D eigenvalue weighted by molar-refractivity contribution is 5.54. The zero-order valence-electron chi connectivity index (χ0n) is 12.9. The molecule has 1 aliphatic heterocycles. The lowest BCUT2D eigenvalue weighted by Gasteiger charge is -2.34. The van der Waals surface area contributed by atoms with Crippen LogP contribution in [0.3, 0.4) is 0 Å². The van der Waals surface area contributed by atoms with Crippen LogP contribution in [-0.2, 0) is 0 Å². The number of nitrogens with zero attached hydrogens (tertiary/aromatic N) is 1. The Bertz CT molecular complexity index is 436. The van der Waals surface area contributed by atoms with Crippen molar-refractivity contribution in [3.63, 3.8) is 0 Å². The topological polar surface area (TPSA) is 63.2 Å². The lowest BCUT2D eigenvalue weighted by molar-refractivity contribution is 0.110. The number of rotatable bonds is 6. The van der Waals surface area contributed by atoms with Gasteiger partial charge in [0.1, 0.15) is 0 Å². The van der Waals surface area contributed by atoms with Crippen molar-refractivity contribution in [1.29, 1.82) is 0 Å². The maximum atomic E-state index is 9.81. The van der Waals surface area contributed by atoms with Crippen molar-refractivity contribution < 1.29 is 19.3 Å². The van der Waals surface area contributed by atoms with Crippen molar-refractivity contribution in [3.8, 4) is 17.2 Å². The normalized spacial score (nSPS) is 17.3. The van der Waals surface area contributed by atoms with Crippen LogP contribution >= 0.6 is 0 Å². The molecule has 1 aromatic carbocycles. The van der Waals surface area contributed by atoms with Gasteiger partial charge in [-0.05, 0) is 17.7 Å². The molecule has 6 heteroatoms. The molecule has 0 radical (unpaired) electrons. The third kappa shape index (κ3) is 3.40. The first-order valence-corrected chi connectivity index (χ1v) is 7.10. The fourth-order valence-corrected chi connectivity index (χ4v) is 2.72. The summed E-state index contributed by atoms with van der Waals surface area (Å²) in [5.74, 6) is 1.79. The van der Waals surface area contributed by atoms with Crippen LogP contribution < -0.4 is 19.5 Å². The number of piperazine rings is 1. The van der Waals surface area contributed by atoms with Crippen molar-refractivity contribution in [2.75, 3.05) is 54.1 Å². The summed E-state index contributed by atoms with van der Waals surface area (Å²) in [5.41, 5.74) is 0.967. The molecule has 0 aliphatic carbocycles. The van der Waals surface area contributed by atoms with Gasteiger partial charge in [-0.25, -0.2) is 0 Å². The Hall–Kier alpha value is -1.50. The van der Waals surface area contributed by atoms with Crippen molar-refractivity contribution in [2.45, 2.75) is 6.04 Å². The molecule has 0 spiro atoms. The van der Waals surface area contributed by atoms with Crippen molar-refractivity contribution in [1.82, 2.24) is 10.2 Å². The molecular formula is C15H24N2O4. The summed E-state index contributed by atoms with van der Waals surface area (Å²) in [4.78, 5) is 2.26. The fraction of sp³-hybridized carbons (Fsp3) is 0.600.